The molecule has 0 saturated carbocycles. The van der Waals surface area contributed by atoms with E-state index < -0.39 is 12.2 Å². The molecule has 3 aromatic rings. The monoisotopic (exact) mass is 387 g/mol. The van der Waals surface area contributed by atoms with Gasteiger partial charge in [-0.3, -0.25) is 5.32 Å². The zero-order chi connectivity index (χ0) is 20.4. The smallest absolute Gasteiger partial charge is 0.411 e. The highest BCUT2D eigenvalue weighted by Gasteiger charge is 2.29. The van der Waals surface area contributed by atoms with Gasteiger partial charge in [0.1, 0.15) is 6.61 Å². The molecule has 0 heterocycles. The van der Waals surface area contributed by atoms with E-state index in [0.717, 1.165) is 0 Å². The molecule has 0 aliphatic heterocycles. The van der Waals surface area contributed by atoms with Gasteiger partial charge in [-0.25, -0.2) is 4.79 Å². The van der Waals surface area contributed by atoms with Gasteiger partial charge >= 0.3 is 6.09 Å². The summed E-state index contributed by atoms with van der Waals surface area (Å²) in [5.41, 5.74) is 6.02. The Balaban J connectivity index is 1.49. The van der Waals surface area contributed by atoms with Gasteiger partial charge in [0.15, 0.2) is 0 Å². The molecule has 4 rings (SSSR count). The van der Waals surface area contributed by atoms with Crippen molar-refractivity contribution in [3.05, 3.63) is 89.5 Å². The van der Waals surface area contributed by atoms with Crippen LogP contribution in [-0.4, -0.2) is 17.8 Å². The van der Waals surface area contributed by atoms with Crippen molar-refractivity contribution < 1.29 is 14.6 Å². The van der Waals surface area contributed by atoms with Crippen LogP contribution in [0, 0.1) is 5.92 Å². The number of ether oxygens (including phenoxy) is 1. The van der Waals surface area contributed by atoms with E-state index in [1.807, 2.05) is 56.3 Å². The average Bonchev–Trinajstić information content (AvgIpc) is 3.06. The van der Waals surface area contributed by atoms with Crippen LogP contribution in [-0.2, 0) is 4.74 Å². The summed E-state index contributed by atoms with van der Waals surface area (Å²) in [5.74, 6) is 0.0603. The first kappa shape index (κ1) is 19.2. The second-order valence-electron chi connectivity index (χ2n) is 7.73. The molecule has 1 aliphatic carbocycles. The number of rotatable bonds is 5. The Kier molecular flexibility index (Phi) is 5.36. The molecule has 0 aromatic heterocycles. The molecular weight excluding hydrogens is 362 g/mol. The van der Waals surface area contributed by atoms with Crippen LogP contribution in [0.15, 0.2) is 72.8 Å². The summed E-state index contributed by atoms with van der Waals surface area (Å²) >= 11 is 0. The first-order valence-corrected chi connectivity index (χ1v) is 9.95. The lowest BCUT2D eigenvalue weighted by molar-refractivity contribution is 0.127. The molecule has 1 unspecified atom stereocenters. The zero-order valence-electron chi connectivity index (χ0n) is 16.6. The Labute approximate surface area is 171 Å². The fraction of sp³-hybridized carbons (Fsp3) is 0.240. The highest BCUT2D eigenvalue weighted by atomic mass is 16.5. The van der Waals surface area contributed by atoms with Gasteiger partial charge < -0.3 is 9.84 Å². The van der Waals surface area contributed by atoms with Crippen LogP contribution in [0.5, 0.6) is 0 Å². The van der Waals surface area contributed by atoms with Crippen LogP contribution >= 0.6 is 0 Å². The number of hydrogen-bond donors (Lipinski definition) is 2. The minimum absolute atomic E-state index is 0.0182. The van der Waals surface area contributed by atoms with Gasteiger partial charge in [-0.15, -0.1) is 0 Å². The fourth-order valence-corrected chi connectivity index (χ4v) is 3.97. The van der Waals surface area contributed by atoms with E-state index >= 15 is 0 Å². The van der Waals surface area contributed by atoms with E-state index in [9.17, 15) is 9.90 Å². The molecule has 2 N–H and O–H groups in total. The number of carbonyl (C=O) groups is 1. The van der Waals surface area contributed by atoms with Gasteiger partial charge in [-0.1, -0.05) is 80.6 Å². The Hall–Kier alpha value is -3.11. The lowest BCUT2D eigenvalue weighted by Crippen LogP contribution is -2.19. The molecule has 1 amide bonds. The number of anilines is 1. The molecule has 148 valence electrons. The molecule has 0 saturated heterocycles. The third-order valence-electron chi connectivity index (χ3n) is 5.49. The van der Waals surface area contributed by atoms with Crippen molar-refractivity contribution in [1.29, 1.82) is 0 Å². The second-order valence-corrected chi connectivity index (χ2v) is 7.73. The molecule has 0 fully saturated rings. The first-order valence-electron chi connectivity index (χ1n) is 9.95. The average molecular weight is 387 g/mol. The molecule has 0 spiro atoms. The quantitative estimate of drug-likeness (QED) is 0.587. The van der Waals surface area contributed by atoms with E-state index in [1.54, 1.807) is 6.07 Å². The van der Waals surface area contributed by atoms with Crippen LogP contribution in [0.2, 0.25) is 0 Å². The molecule has 1 atom stereocenters. The van der Waals surface area contributed by atoms with Gasteiger partial charge in [0.05, 0.1) is 6.10 Å². The number of hydrogen-bond acceptors (Lipinski definition) is 3. The zero-order valence-corrected chi connectivity index (χ0v) is 16.6. The Morgan fingerprint density at radius 1 is 0.931 bits per heavy atom. The Morgan fingerprint density at radius 3 is 2.10 bits per heavy atom. The minimum Gasteiger partial charge on any atom is -0.448 e. The van der Waals surface area contributed by atoms with Crippen molar-refractivity contribution in [2.24, 2.45) is 5.92 Å². The van der Waals surface area contributed by atoms with Crippen molar-refractivity contribution >= 4 is 11.8 Å². The molecule has 3 aromatic carbocycles. The highest BCUT2D eigenvalue weighted by Crippen LogP contribution is 2.44. The maximum atomic E-state index is 12.5. The molecule has 4 nitrogen and oxygen atoms in total. The number of amides is 1. The first-order chi connectivity index (χ1) is 14.1. The normalized spacial score (nSPS) is 13.7. The summed E-state index contributed by atoms with van der Waals surface area (Å²) in [5, 5.41) is 13.2. The summed E-state index contributed by atoms with van der Waals surface area (Å²) in [4.78, 5) is 12.5. The summed E-state index contributed by atoms with van der Waals surface area (Å²) < 4.78 is 5.61. The van der Waals surface area contributed by atoms with Crippen molar-refractivity contribution in [2.45, 2.75) is 25.9 Å². The molecule has 1 aliphatic rings. The summed E-state index contributed by atoms with van der Waals surface area (Å²) in [7, 11) is 0. The largest absolute Gasteiger partial charge is 0.448 e. The second kappa shape index (κ2) is 8.10. The number of nitrogens with one attached hydrogen (secondary N) is 1. The number of para-hydroxylation sites is 1. The van der Waals surface area contributed by atoms with E-state index in [0.29, 0.717) is 11.3 Å². The predicted molar refractivity (Wildman–Crippen MR) is 115 cm³/mol. The number of carbonyl (C=O) groups excluding carboxylic acids is 1. The fourth-order valence-electron chi connectivity index (χ4n) is 3.97. The lowest BCUT2D eigenvalue weighted by atomic mass is 9.97. The van der Waals surface area contributed by atoms with E-state index in [-0.39, 0.29) is 18.4 Å². The summed E-state index contributed by atoms with van der Waals surface area (Å²) in [6.45, 7) is 4.14. The van der Waals surface area contributed by atoms with E-state index in [4.69, 9.17) is 4.74 Å². The van der Waals surface area contributed by atoms with Crippen molar-refractivity contribution in [3.8, 4) is 11.1 Å². The molecule has 4 heteroatoms. The lowest BCUT2D eigenvalue weighted by Gasteiger charge is -2.19. The topological polar surface area (TPSA) is 58.6 Å². The van der Waals surface area contributed by atoms with Gasteiger partial charge in [-0.05, 0) is 34.2 Å². The number of fused-ring (bicyclic) bond motifs is 3. The van der Waals surface area contributed by atoms with Gasteiger partial charge in [0.2, 0.25) is 0 Å². The van der Waals surface area contributed by atoms with Crippen LogP contribution in [0.3, 0.4) is 0 Å². The van der Waals surface area contributed by atoms with Crippen LogP contribution < -0.4 is 5.32 Å². The maximum Gasteiger partial charge on any atom is 0.411 e. The van der Waals surface area contributed by atoms with E-state index in [2.05, 4.69) is 29.6 Å². The third-order valence-corrected chi connectivity index (χ3v) is 5.49. The predicted octanol–water partition coefficient (Wildman–Crippen LogP) is 5.74. The number of benzene rings is 3. The van der Waals surface area contributed by atoms with Gasteiger partial charge in [0.25, 0.3) is 0 Å². The van der Waals surface area contributed by atoms with Crippen LogP contribution in [0.25, 0.3) is 11.1 Å². The summed E-state index contributed by atoms with van der Waals surface area (Å²) in [6, 6.07) is 23.8. The minimum atomic E-state index is -0.653. The SMILES string of the molecule is CC(C)C(O)c1ccccc1NC(=O)OCC1c2ccccc2-c2ccccc21. The van der Waals surface area contributed by atoms with Gasteiger partial charge in [0, 0.05) is 17.2 Å². The maximum absolute atomic E-state index is 12.5. The highest BCUT2D eigenvalue weighted by molar-refractivity contribution is 5.86. The van der Waals surface area contributed by atoms with E-state index in [1.165, 1.54) is 22.3 Å². The molecular formula is C25H25NO3. The van der Waals surface area contributed by atoms with Crippen molar-refractivity contribution in [2.75, 3.05) is 11.9 Å². The Bertz CT molecular complexity index is 982. The standard InChI is InChI=1S/C25H25NO3/c1-16(2)24(27)21-13-7-8-14-23(21)26-25(28)29-15-22-19-11-5-3-9-17(19)18-10-4-6-12-20(18)22/h3-14,16,22,24,27H,15H2,1-2H3,(H,26,28). The number of aliphatic hydroxyl groups is 1. The van der Waals surface area contributed by atoms with Gasteiger partial charge in [-0.2, -0.15) is 0 Å². The van der Waals surface area contributed by atoms with Crippen molar-refractivity contribution in [3.63, 3.8) is 0 Å². The Morgan fingerprint density at radius 2 is 1.48 bits per heavy atom. The molecule has 0 radical (unpaired) electrons. The third kappa shape index (κ3) is 3.76. The molecule has 0 bridgehead atoms. The van der Waals surface area contributed by atoms with Crippen molar-refractivity contribution in [1.82, 2.24) is 0 Å². The molecule has 29 heavy (non-hydrogen) atoms. The van der Waals surface area contributed by atoms with Crippen LogP contribution in [0.4, 0.5) is 10.5 Å². The number of aliphatic hydroxyl groups excluding tert-OH is 1. The van der Waals surface area contributed by atoms with Crippen LogP contribution in [0.1, 0.15) is 42.6 Å². The summed E-state index contributed by atoms with van der Waals surface area (Å²) in [6.07, 6.45) is -1.17.